The van der Waals surface area contributed by atoms with Crippen LogP contribution in [0.15, 0.2) is 53.3 Å². The molecule has 10 heteroatoms. The fourth-order valence-electron chi connectivity index (χ4n) is 6.02. The molecule has 0 atom stereocenters. The molecule has 3 N–H and O–H groups in total. The average Bonchev–Trinajstić information content (AvgIpc) is 3.49. The van der Waals surface area contributed by atoms with Gasteiger partial charge in [0, 0.05) is 41.2 Å². The number of anilines is 2. The molecule has 41 heavy (non-hydrogen) atoms. The van der Waals surface area contributed by atoms with Crippen molar-refractivity contribution in [2.24, 2.45) is 7.05 Å². The summed E-state index contributed by atoms with van der Waals surface area (Å²) in [6.07, 6.45) is 3.21. The van der Waals surface area contributed by atoms with E-state index in [1.54, 1.807) is 37.4 Å². The van der Waals surface area contributed by atoms with Crippen molar-refractivity contribution in [1.29, 1.82) is 0 Å². The van der Waals surface area contributed by atoms with Crippen molar-refractivity contribution in [2.45, 2.75) is 57.6 Å². The van der Waals surface area contributed by atoms with Crippen molar-refractivity contribution in [3.05, 3.63) is 70.1 Å². The number of imidazole rings is 1. The molecule has 2 heterocycles. The molecule has 1 aliphatic heterocycles. The van der Waals surface area contributed by atoms with E-state index >= 15 is 0 Å². The van der Waals surface area contributed by atoms with Crippen molar-refractivity contribution in [2.75, 3.05) is 16.8 Å². The number of amides is 3. The Kier molecular flexibility index (Phi) is 6.17. The zero-order valence-electron chi connectivity index (χ0n) is 23.6. The number of carbonyl (C=O) groups is 3. The highest BCUT2D eigenvalue weighted by Gasteiger charge is 2.38. The van der Waals surface area contributed by atoms with E-state index in [2.05, 4.69) is 15.6 Å². The predicted molar refractivity (Wildman–Crippen MR) is 158 cm³/mol. The van der Waals surface area contributed by atoms with Gasteiger partial charge < -0.3 is 20.4 Å². The van der Waals surface area contributed by atoms with Crippen LogP contribution in [0.5, 0.6) is 0 Å². The molecule has 1 aliphatic carbocycles. The number of nitrogens with zero attached hydrogens (tertiary/aromatic N) is 2. The molecular formula is C31H33N5O5. The van der Waals surface area contributed by atoms with Gasteiger partial charge >= 0.3 is 11.8 Å². The van der Waals surface area contributed by atoms with Crippen LogP contribution in [-0.2, 0) is 11.8 Å². The Morgan fingerprint density at radius 1 is 1.00 bits per heavy atom. The predicted octanol–water partition coefficient (Wildman–Crippen LogP) is 5.07. The maximum Gasteiger partial charge on any atom is 0.408 e. The van der Waals surface area contributed by atoms with Crippen LogP contribution in [0, 0.1) is 0 Å². The number of aromatic amines is 1. The fraction of sp³-hybridized carbons (Fsp3) is 0.355. The molecule has 6 rings (SSSR count). The zero-order chi connectivity index (χ0) is 29.1. The van der Waals surface area contributed by atoms with Gasteiger partial charge in [-0.2, -0.15) is 0 Å². The molecule has 4 aromatic rings. The Morgan fingerprint density at radius 2 is 1.71 bits per heavy atom. The van der Waals surface area contributed by atoms with Gasteiger partial charge in [0.25, 0.3) is 11.8 Å². The van der Waals surface area contributed by atoms with Crippen molar-refractivity contribution < 1.29 is 19.1 Å². The van der Waals surface area contributed by atoms with Gasteiger partial charge in [-0.1, -0.05) is 25.0 Å². The summed E-state index contributed by atoms with van der Waals surface area (Å²) in [7, 11) is 1.63. The number of hydrogen-bond donors (Lipinski definition) is 3. The third kappa shape index (κ3) is 4.63. The molecule has 1 aromatic heterocycles. The van der Waals surface area contributed by atoms with Gasteiger partial charge in [-0.15, -0.1) is 0 Å². The van der Waals surface area contributed by atoms with Gasteiger partial charge in [0.2, 0.25) is 0 Å². The highest BCUT2D eigenvalue weighted by molar-refractivity contribution is 6.36. The number of imide groups is 1. The third-order valence-electron chi connectivity index (χ3n) is 8.00. The lowest BCUT2D eigenvalue weighted by molar-refractivity contribution is 0.0462. The molecule has 0 spiro atoms. The summed E-state index contributed by atoms with van der Waals surface area (Å²) in [5.41, 5.74) is 1.91. The molecule has 0 saturated heterocycles. The Bertz CT molecular complexity index is 1770. The maximum atomic E-state index is 13.8. The highest BCUT2D eigenvalue weighted by atomic mass is 16.6. The smallest absolute Gasteiger partial charge is 0.408 e. The lowest BCUT2D eigenvalue weighted by Crippen LogP contribution is -2.52. The van der Waals surface area contributed by atoms with E-state index in [1.165, 1.54) is 9.47 Å². The number of hydrogen-bond acceptors (Lipinski definition) is 6. The van der Waals surface area contributed by atoms with Crippen LogP contribution >= 0.6 is 0 Å². The Morgan fingerprint density at radius 3 is 2.41 bits per heavy atom. The van der Waals surface area contributed by atoms with E-state index in [0.29, 0.717) is 39.8 Å². The average molecular weight is 556 g/mol. The van der Waals surface area contributed by atoms with Gasteiger partial charge in [-0.25, -0.2) is 14.5 Å². The van der Waals surface area contributed by atoms with E-state index in [1.807, 2.05) is 39.0 Å². The summed E-state index contributed by atoms with van der Waals surface area (Å²) in [6.45, 7) is 6.00. The van der Waals surface area contributed by atoms with Crippen LogP contribution in [0.4, 0.5) is 16.2 Å². The van der Waals surface area contributed by atoms with Crippen molar-refractivity contribution in [3.8, 4) is 0 Å². The minimum atomic E-state index is -0.593. The van der Waals surface area contributed by atoms with Crippen molar-refractivity contribution in [1.82, 2.24) is 14.9 Å². The number of rotatable bonds is 5. The first-order valence-corrected chi connectivity index (χ1v) is 13.8. The summed E-state index contributed by atoms with van der Waals surface area (Å²) < 4.78 is 6.97. The molecule has 0 radical (unpaired) electrons. The molecule has 3 aromatic carbocycles. The second-order valence-corrected chi connectivity index (χ2v) is 12.0. The van der Waals surface area contributed by atoms with E-state index < -0.39 is 29.0 Å². The van der Waals surface area contributed by atoms with Gasteiger partial charge in [0.1, 0.15) is 5.60 Å². The molecule has 0 bridgehead atoms. The van der Waals surface area contributed by atoms with Gasteiger partial charge in [-0.05, 0) is 70.0 Å². The minimum Gasteiger partial charge on any atom is -0.444 e. The molecule has 2 aliphatic rings. The van der Waals surface area contributed by atoms with Gasteiger partial charge in [0.15, 0.2) is 0 Å². The molecule has 0 unspecified atom stereocenters. The SMILES string of the molecule is Cn1c(=O)[nH]c2ccc(N3C(=O)c4cccc5c(NCC6(NC(=O)OC(C)(C)C)CCCC6)ccc(c45)C3=O)cc21. The first-order chi connectivity index (χ1) is 19.5. The van der Waals surface area contributed by atoms with Crippen molar-refractivity contribution in [3.63, 3.8) is 0 Å². The molecule has 1 fully saturated rings. The van der Waals surface area contributed by atoms with E-state index in [-0.39, 0.29) is 5.69 Å². The van der Waals surface area contributed by atoms with Crippen LogP contribution in [0.25, 0.3) is 21.8 Å². The highest BCUT2D eigenvalue weighted by Crippen LogP contribution is 2.38. The third-order valence-corrected chi connectivity index (χ3v) is 8.00. The second kappa shape index (κ2) is 9.50. The van der Waals surface area contributed by atoms with E-state index in [9.17, 15) is 19.2 Å². The largest absolute Gasteiger partial charge is 0.444 e. The number of aromatic nitrogens is 2. The van der Waals surface area contributed by atoms with E-state index in [0.717, 1.165) is 36.8 Å². The summed E-state index contributed by atoms with van der Waals surface area (Å²) in [5, 5.41) is 7.96. The Labute approximate surface area is 236 Å². The number of alkyl carbamates (subject to hydrolysis) is 1. The molecule has 212 valence electrons. The molecule has 1 saturated carbocycles. The molecular weight excluding hydrogens is 522 g/mol. The number of H-pyrrole nitrogens is 1. The summed E-state index contributed by atoms with van der Waals surface area (Å²) in [5.74, 6) is -0.854. The Balaban J connectivity index is 1.32. The van der Waals surface area contributed by atoms with Crippen LogP contribution in [0.3, 0.4) is 0 Å². The Hall–Kier alpha value is -4.60. The molecule has 10 nitrogen and oxygen atoms in total. The number of aryl methyl sites for hydroxylation is 1. The standard InChI is InChI=1S/C31H33N5O5/c1-30(2,3)41-29(40)34-31(14-5-6-15-31)17-32-22-13-11-21-25-19(22)8-7-9-20(25)26(37)36(27(21)38)18-10-12-23-24(16-18)35(4)28(39)33-23/h7-13,16,32H,5-6,14-15,17H2,1-4H3,(H,33,39)(H,34,40). The van der Waals surface area contributed by atoms with Gasteiger partial charge in [-0.3, -0.25) is 14.2 Å². The lowest BCUT2D eigenvalue weighted by Gasteiger charge is -2.33. The van der Waals surface area contributed by atoms with Crippen molar-refractivity contribution >= 4 is 51.1 Å². The first kappa shape index (κ1) is 26.6. The molecule has 3 amide bonds. The number of carbonyl (C=O) groups excluding carboxylic acids is 3. The number of ether oxygens (including phenoxy) is 1. The van der Waals surface area contributed by atoms with Crippen LogP contribution < -0.4 is 21.2 Å². The van der Waals surface area contributed by atoms with Crippen LogP contribution in [0.1, 0.15) is 67.2 Å². The summed E-state index contributed by atoms with van der Waals surface area (Å²) in [4.78, 5) is 56.1. The topological polar surface area (TPSA) is 126 Å². The minimum absolute atomic E-state index is 0.274. The van der Waals surface area contributed by atoms with Crippen LogP contribution in [0.2, 0.25) is 0 Å². The number of benzene rings is 3. The number of fused-ring (bicyclic) bond motifs is 1. The second-order valence-electron chi connectivity index (χ2n) is 12.0. The summed E-state index contributed by atoms with van der Waals surface area (Å²) >= 11 is 0. The van der Waals surface area contributed by atoms with E-state index in [4.69, 9.17) is 4.74 Å². The monoisotopic (exact) mass is 555 g/mol. The maximum absolute atomic E-state index is 13.8. The normalized spacial score (nSPS) is 16.4. The summed E-state index contributed by atoms with van der Waals surface area (Å²) in [6, 6.07) is 14.0. The quantitative estimate of drug-likeness (QED) is 0.295. The van der Waals surface area contributed by atoms with Gasteiger partial charge in [0.05, 0.1) is 22.3 Å². The number of nitrogens with one attached hydrogen (secondary N) is 3. The first-order valence-electron chi connectivity index (χ1n) is 13.8. The lowest BCUT2D eigenvalue weighted by atomic mass is 9.92. The van der Waals surface area contributed by atoms with Crippen LogP contribution in [-0.4, -0.2) is 45.1 Å². The zero-order valence-corrected chi connectivity index (χ0v) is 23.6. The fourth-order valence-corrected chi connectivity index (χ4v) is 6.02.